The molecule has 2 saturated heterocycles. The van der Waals surface area contributed by atoms with Gasteiger partial charge in [-0.3, -0.25) is 9.69 Å². The van der Waals surface area contributed by atoms with E-state index in [0.29, 0.717) is 22.3 Å². The molecule has 0 saturated carbocycles. The molecule has 2 aliphatic heterocycles. The monoisotopic (exact) mass is 307 g/mol. The van der Waals surface area contributed by atoms with E-state index in [0.717, 1.165) is 19.5 Å². The Bertz CT molecular complexity index is 528. The van der Waals surface area contributed by atoms with Crippen molar-refractivity contribution in [2.24, 2.45) is 0 Å². The van der Waals surface area contributed by atoms with Crippen LogP contribution in [-0.2, 0) is 0 Å². The predicted octanol–water partition coefficient (Wildman–Crippen LogP) is 2.62. The van der Waals surface area contributed by atoms with E-state index in [1.165, 1.54) is 32.4 Å². The number of anilines is 1. The number of carbonyl (C=O) groups excluding carboxylic acids is 1. The standard InChI is InChI=1S/C16H22ClN3O/c17-14-10-12(4-5-15(14)18)16(21)20-9-6-13(11-20)19-7-2-1-3-8-19/h4-5,10,13H,1-3,6-9,11,18H2. The zero-order valence-electron chi connectivity index (χ0n) is 12.2. The number of likely N-dealkylation sites (tertiary alicyclic amines) is 2. The van der Waals surface area contributed by atoms with Crippen LogP contribution in [0.3, 0.4) is 0 Å². The van der Waals surface area contributed by atoms with Gasteiger partial charge in [-0.25, -0.2) is 0 Å². The van der Waals surface area contributed by atoms with Gasteiger partial charge in [0.25, 0.3) is 5.91 Å². The first-order valence-electron chi connectivity index (χ1n) is 7.73. The number of nitrogen functional groups attached to an aromatic ring is 1. The van der Waals surface area contributed by atoms with Crippen LogP contribution in [-0.4, -0.2) is 47.9 Å². The lowest BCUT2D eigenvalue weighted by Crippen LogP contribution is -2.41. The summed E-state index contributed by atoms with van der Waals surface area (Å²) in [5, 5.41) is 0.452. The third-order valence-electron chi connectivity index (χ3n) is 4.61. The van der Waals surface area contributed by atoms with Crippen molar-refractivity contribution >= 4 is 23.2 Å². The summed E-state index contributed by atoms with van der Waals surface area (Å²) in [6.45, 7) is 4.03. The number of nitrogens with two attached hydrogens (primary N) is 1. The highest BCUT2D eigenvalue weighted by Gasteiger charge is 2.31. The molecule has 1 aromatic carbocycles. The average Bonchev–Trinajstić information content (AvgIpc) is 3.00. The van der Waals surface area contributed by atoms with Crippen LogP contribution in [0.15, 0.2) is 18.2 Å². The minimum atomic E-state index is 0.0661. The molecule has 2 N–H and O–H groups in total. The maximum Gasteiger partial charge on any atom is 0.253 e. The summed E-state index contributed by atoms with van der Waals surface area (Å²) in [6.07, 6.45) is 5.00. The molecule has 0 aromatic heterocycles. The number of halogens is 1. The Balaban J connectivity index is 1.64. The molecule has 2 heterocycles. The second-order valence-electron chi connectivity index (χ2n) is 6.03. The second-order valence-corrected chi connectivity index (χ2v) is 6.43. The fourth-order valence-corrected chi connectivity index (χ4v) is 3.53. The van der Waals surface area contributed by atoms with Gasteiger partial charge in [0.2, 0.25) is 0 Å². The Morgan fingerprint density at radius 2 is 1.95 bits per heavy atom. The lowest BCUT2D eigenvalue weighted by atomic mass is 10.1. The van der Waals surface area contributed by atoms with Crippen LogP contribution in [0.5, 0.6) is 0 Å². The molecule has 0 aliphatic carbocycles. The fraction of sp³-hybridized carbons (Fsp3) is 0.562. The molecule has 5 heteroatoms. The van der Waals surface area contributed by atoms with Gasteiger partial charge in [-0.05, 0) is 50.6 Å². The summed E-state index contributed by atoms with van der Waals surface area (Å²) >= 11 is 6.01. The van der Waals surface area contributed by atoms with Gasteiger partial charge >= 0.3 is 0 Å². The van der Waals surface area contributed by atoms with Gasteiger partial charge < -0.3 is 10.6 Å². The predicted molar refractivity (Wildman–Crippen MR) is 85.6 cm³/mol. The van der Waals surface area contributed by atoms with Crippen LogP contribution in [0.2, 0.25) is 5.02 Å². The maximum atomic E-state index is 12.5. The molecular formula is C16H22ClN3O. The van der Waals surface area contributed by atoms with Gasteiger partial charge in [0.15, 0.2) is 0 Å². The highest BCUT2D eigenvalue weighted by molar-refractivity contribution is 6.33. The molecule has 0 radical (unpaired) electrons. The molecular weight excluding hydrogens is 286 g/mol. The quantitative estimate of drug-likeness (QED) is 0.855. The Morgan fingerprint density at radius 3 is 2.67 bits per heavy atom. The zero-order chi connectivity index (χ0) is 14.8. The van der Waals surface area contributed by atoms with Crippen molar-refractivity contribution in [1.82, 2.24) is 9.80 Å². The molecule has 0 spiro atoms. The maximum absolute atomic E-state index is 12.5. The number of carbonyl (C=O) groups is 1. The topological polar surface area (TPSA) is 49.6 Å². The van der Waals surface area contributed by atoms with Crippen LogP contribution in [0, 0.1) is 0 Å². The molecule has 114 valence electrons. The molecule has 2 fully saturated rings. The first-order chi connectivity index (χ1) is 10.1. The summed E-state index contributed by atoms with van der Waals surface area (Å²) in [7, 11) is 0. The van der Waals surface area contributed by atoms with Crippen LogP contribution in [0.25, 0.3) is 0 Å². The number of amides is 1. The van der Waals surface area contributed by atoms with E-state index >= 15 is 0 Å². The molecule has 4 nitrogen and oxygen atoms in total. The van der Waals surface area contributed by atoms with Crippen LogP contribution in [0.4, 0.5) is 5.69 Å². The average molecular weight is 308 g/mol. The fourth-order valence-electron chi connectivity index (χ4n) is 3.35. The Kier molecular flexibility index (Phi) is 4.36. The van der Waals surface area contributed by atoms with Crippen molar-refractivity contribution in [2.45, 2.75) is 31.7 Å². The van der Waals surface area contributed by atoms with Crippen molar-refractivity contribution in [1.29, 1.82) is 0 Å². The van der Waals surface area contributed by atoms with Crippen LogP contribution in [0.1, 0.15) is 36.0 Å². The molecule has 0 bridgehead atoms. The summed E-state index contributed by atoms with van der Waals surface area (Å²) in [5.74, 6) is 0.0661. The molecule has 1 amide bonds. The van der Waals surface area contributed by atoms with Gasteiger partial charge in [0, 0.05) is 24.7 Å². The van der Waals surface area contributed by atoms with E-state index in [4.69, 9.17) is 17.3 Å². The van der Waals surface area contributed by atoms with Gasteiger partial charge in [0.1, 0.15) is 0 Å². The van der Waals surface area contributed by atoms with Crippen molar-refractivity contribution in [3.63, 3.8) is 0 Å². The summed E-state index contributed by atoms with van der Waals surface area (Å²) in [6, 6.07) is 5.66. The third kappa shape index (κ3) is 3.16. The van der Waals surface area contributed by atoms with Crippen LogP contribution >= 0.6 is 11.6 Å². The van der Waals surface area contributed by atoms with Crippen LogP contribution < -0.4 is 5.73 Å². The largest absolute Gasteiger partial charge is 0.398 e. The summed E-state index contributed by atoms with van der Waals surface area (Å²) in [5.41, 5.74) is 6.85. The van der Waals surface area contributed by atoms with E-state index < -0.39 is 0 Å². The number of rotatable bonds is 2. The number of hydrogen-bond donors (Lipinski definition) is 1. The Hall–Kier alpha value is -1.26. The summed E-state index contributed by atoms with van der Waals surface area (Å²) < 4.78 is 0. The minimum absolute atomic E-state index is 0.0661. The Labute approximate surface area is 130 Å². The number of nitrogens with zero attached hydrogens (tertiary/aromatic N) is 2. The van der Waals surface area contributed by atoms with E-state index in [-0.39, 0.29) is 5.91 Å². The number of benzene rings is 1. The van der Waals surface area contributed by atoms with E-state index in [1.807, 2.05) is 4.90 Å². The Morgan fingerprint density at radius 1 is 1.19 bits per heavy atom. The third-order valence-corrected chi connectivity index (χ3v) is 4.93. The van der Waals surface area contributed by atoms with Gasteiger partial charge in [0.05, 0.1) is 10.7 Å². The smallest absolute Gasteiger partial charge is 0.253 e. The zero-order valence-corrected chi connectivity index (χ0v) is 13.0. The van der Waals surface area contributed by atoms with Gasteiger partial charge in [-0.1, -0.05) is 18.0 Å². The van der Waals surface area contributed by atoms with E-state index in [9.17, 15) is 4.79 Å². The van der Waals surface area contributed by atoms with Gasteiger partial charge in [-0.2, -0.15) is 0 Å². The van der Waals surface area contributed by atoms with Crippen molar-refractivity contribution < 1.29 is 4.79 Å². The SMILES string of the molecule is Nc1ccc(C(=O)N2CCC(N3CCCCC3)C2)cc1Cl. The second kappa shape index (κ2) is 6.24. The number of piperidine rings is 1. The minimum Gasteiger partial charge on any atom is -0.398 e. The summed E-state index contributed by atoms with van der Waals surface area (Å²) in [4.78, 5) is 17.0. The lowest BCUT2D eigenvalue weighted by molar-refractivity contribution is 0.0771. The normalized spacial score (nSPS) is 23.5. The highest BCUT2D eigenvalue weighted by atomic mass is 35.5. The molecule has 2 aliphatic rings. The molecule has 1 unspecified atom stereocenters. The lowest BCUT2D eigenvalue weighted by Gasteiger charge is -2.32. The molecule has 1 atom stereocenters. The van der Waals surface area contributed by atoms with Crippen molar-refractivity contribution in [2.75, 3.05) is 31.9 Å². The number of hydrogen-bond acceptors (Lipinski definition) is 3. The highest BCUT2D eigenvalue weighted by Crippen LogP contribution is 2.24. The molecule has 21 heavy (non-hydrogen) atoms. The first kappa shape index (κ1) is 14.7. The molecule has 1 aromatic rings. The van der Waals surface area contributed by atoms with Gasteiger partial charge in [-0.15, -0.1) is 0 Å². The van der Waals surface area contributed by atoms with Crippen molar-refractivity contribution in [3.8, 4) is 0 Å². The molecule has 3 rings (SSSR count). The van der Waals surface area contributed by atoms with E-state index in [2.05, 4.69) is 4.90 Å². The van der Waals surface area contributed by atoms with Crippen molar-refractivity contribution in [3.05, 3.63) is 28.8 Å². The first-order valence-corrected chi connectivity index (χ1v) is 8.11. The van der Waals surface area contributed by atoms with E-state index in [1.54, 1.807) is 18.2 Å².